The van der Waals surface area contributed by atoms with E-state index in [-0.39, 0.29) is 17.5 Å². The first-order valence-corrected chi connectivity index (χ1v) is 10.4. The van der Waals surface area contributed by atoms with Gasteiger partial charge < -0.3 is 4.74 Å². The first-order chi connectivity index (χ1) is 13.4. The molecule has 28 heavy (non-hydrogen) atoms. The van der Waals surface area contributed by atoms with Crippen molar-refractivity contribution in [2.24, 2.45) is 0 Å². The van der Waals surface area contributed by atoms with E-state index in [0.29, 0.717) is 5.69 Å². The summed E-state index contributed by atoms with van der Waals surface area (Å²) in [6.07, 6.45) is 3.17. The third-order valence-electron chi connectivity index (χ3n) is 4.49. The summed E-state index contributed by atoms with van der Waals surface area (Å²) in [6.45, 7) is 3.90. The second-order valence-corrected chi connectivity index (χ2v) is 8.27. The van der Waals surface area contributed by atoms with Crippen molar-refractivity contribution >= 4 is 10.0 Å². The third-order valence-corrected chi connectivity index (χ3v) is 5.90. The van der Waals surface area contributed by atoms with E-state index in [1.54, 1.807) is 43.8 Å². The molecule has 146 valence electrons. The minimum absolute atomic E-state index is 0.00586. The number of sulfonamides is 1. The number of benzene rings is 2. The number of nitrogens with one attached hydrogen (secondary N) is 1. The van der Waals surface area contributed by atoms with E-state index < -0.39 is 10.0 Å². The molecule has 1 N–H and O–H groups in total. The lowest BCUT2D eigenvalue weighted by Crippen LogP contribution is -2.23. The molecular formula is C21H23N3O3S. The molecule has 0 amide bonds. The van der Waals surface area contributed by atoms with E-state index in [2.05, 4.69) is 14.7 Å². The van der Waals surface area contributed by atoms with Crippen LogP contribution < -0.4 is 4.72 Å². The Bertz CT molecular complexity index is 1030. The quantitative estimate of drug-likeness (QED) is 0.658. The van der Waals surface area contributed by atoms with Gasteiger partial charge in [0.2, 0.25) is 10.0 Å². The zero-order chi connectivity index (χ0) is 20.1. The summed E-state index contributed by atoms with van der Waals surface area (Å²) in [5, 5.41) is 0. The molecule has 0 aliphatic rings. The molecule has 3 aromatic rings. The topological polar surface area (TPSA) is 81.2 Å². The normalized spacial score (nSPS) is 12.7. The first-order valence-electron chi connectivity index (χ1n) is 8.89. The average molecular weight is 398 g/mol. The van der Waals surface area contributed by atoms with Crippen LogP contribution in [0.15, 0.2) is 65.8 Å². The molecule has 0 spiro atoms. The van der Waals surface area contributed by atoms with E-state index >= 15 is 0 Å². The minimum Gasteiger partial charge on any atom is -0.377 e. The molecule has 2 aromatic carbocycles. The molecule has 1 heterocycles. The van der Waals surface area contributed by atoms with Gasteiger partial charge in [-0.2, -0.15) is 0 Å². The Kier molecular flexibility index (Phi) is 6.18. The van der Waals surface area contributed by atoms with E-state index in [4.69, 9.17) is 4.74 Å². The van der Waals surface area contributed by atoms with Crippen molar-refractivity contribution in [2.75, 3.05) is 7.11 Å². The molecule has 0 fully saturated rings. The zero-order valence-corrected chi connectivity index (χ0v) is 16.9. The van der Waals surface area contributed by atoms with Crippen LogP contribution in [0.2, 0.25) is 0 Å². The maximum absolute atomic E-state index is 12.5. The Morgan fingerprint density at radius 3 is 2.43 bits per heavy atom. The van der Waals surface area contributed by atoms with Crippen LogP contribution in [0.5, 0.6) is 0 Å². The summed E-state index contributed by atoms with van der Waals surface area (Å²) in [7, 11) is -1.96. The number of ether oxygens (including phenoxy) is 1. The molecule has 0 bridgehead atoms. The molecule has 7 heteroatoms. The van der Waals surface area contributed by atoms with E-state index in [1.807, 2.05) is 38.1 Å². The Morgan fingerprint density at radius 1 is 1.04 bits per heavy atom. The summed E-state index contributed by atoms with van der Waals surface area (Å²) in [6, 6.07) is 14.8. The van der Waals surface area contributed by atoms with Crippen LogP contribution in [0.4, 0.5) is 0 Å². The van der Waals surface area contributed by atoms with Gasteiger partial charge in [-0.1, -0.05) is 30.3 Å². The molecule has 0 radical (unpaired) electrons. The van der Waals surface area contributed by atoms with Crippen LogP contribution in [0.25, 0.3) is 11.1 Å². The largest absolute Gasteiger partial charge is 0.377 e. The smallest absolute Gasteiger partial charge is 0.240 e. The van der Waals surface area contributed by atoms with Gasteiger partial charge in [-0.15, -0.1) is 0 Å². The monoisotopic (exact) mass is 397 g/mol. The number of hydrogen-bond acceptors (Lipinski definition) is 5. The minimum atomic E-state index is -3.63. The lowest BCUT2D eigenvalue weighted by molar-refractivity contribution is 0.119. The summed E-state index contributed by atoms with van der Waals surface area (Å²) < 4.78 is 33.0. The lowest BCUT2D eigenvalue weighted by atomic mass is 10.0. The predicted molar refractivity (Wildman–Crippen MR) is 108 cm³/mol. The maximum Gasteiger partial charge on any atom is 0.240 e. The Hall–Kier alpha value is -2.61. The molecule has 3 rings (SSSR count). The van der Waals surface area contributed by atoms with Crippen LogP contribution in [0, 0.1) is 6.92 Å². The van der Waals surface area contributed by atoms with E-state index in [9.17, 15) is 8.42 Å². The molecule has 0 aliphatic carbocycles. The van der Waals surface area contributed by atoms with E-state index in [1.165, 1.54) is 0 Å². The maximum atomic E-state index is 12.5. The van der Waals surface area contributed by atoms with Crippen molar-refractivity contribution in [1.29, 1.82) is 0 Å². The highest BCUT2D eigenvalue weighted by molar-refractivity contribution is 7.89. The summed E-state index contributed by atoms with van der Waals surface area (Å²) in [5.41, 5.74) is 4.36. The summed E-state index contributed by atoms with van der Waals surface area (Å²) in [4.78, 5) is 8.48. The molecule has 1 atom stereocenters. The van der Waals surface area contributed by atoms with Gasteiger partial charge in [0, 0.05) is 13.3 Å². The molecule has 0 aliphatic heterocycles. The van der Waals surface area contributed by atoms with Crippen molar-refractivity contribution in [2.45, 2.75) is 31.4 Å². The SMILES string of the molecule is COC(C)c1cccc(-c2ccc(S(=O)(=O)NCc3cnc(C)cn3)cc2)c1. The van der Waals surface area contributed by atoms with Crippen molar-refractivity contribution < 1.29 is 13.2 Å². The average Bonchev–Trinajstić information content (AvgIpc) is 2.73. The van der Waals surface area contributed by atoms with Crippen molar-refractivity contribution in [1.82, 2.24) is 14.7 Å². The Balaban J connectivity index is 1.75. The lowest BCUT2D eigenvalue weighted by Gasteiger charge is -2.12. The highest BCUT2D eigenvalue weighted by Crippen LogP contribution is 2.25. The second-order valence-electron chi connectivity index (χ2n) is 6.50. The summed E-state index contributed by atoms with van der Waals surface area (Å²) >= 11 is 0. The fourth-order valence-corrected chi connectivity index (χ4v) is 3.70. The number of aromatic nitrogens is 2. The number of hydrogen-bond donors (Lipinski definition) is 1. The van der Waals surface area contributed by atoms with Gasteiger partial charge in [0.05, 0.1) is 35.1 Å². The number of methoxy groups -OCH3 is 1. The van der Waals surface area contributed by atoms with Crippen LogP contribution in [-0.4, -0.2) is 25.5 Å². The fraction of sp³-hybridized carbons (Fsp3) is 0.238. The van der Waals surface area contributed by atoms with Gasteiger partial charge in [-0.25, -0.2) is 13.1 Å². The number of rotatable bonds is 7. The van der Waals surface area contributed by atoms with Crippen molar-refractivity contribution in [3.8, 4) is 11.1 Å². The molecule has 0 saturated heterocycles. The van der Waals surface area contributed by atoms with Gasteiger partial charge in [-0.05, 0) is 48.7 Å². The molecule has 0 saturated carbocycles. The molecule has 6 nitrogen and oxygen atoms in total. The molecular weight excluding hydrogens is 374 g/mol. The van der Waals surface area contributed by atoms with Crippen LogP contribution >= 0.6 is 0 Å². The second kappa shape index (κ2) is 8.60. The van der Waals surface area contributed by atoms with Gasteiger partial charge >= 0.3 is 0 Å². The first kappa shape index (κ1) is 20.1. The standard InChI is InChI=1S/C21H23N3O3S/c1-15-12-23-20(13-22-15)14-24-28(25,26)21-9-7-17(8-10-21)19-6-4-5-18(11-19)16(2)27-3/h4-13,16,24H,14H2,1-3H3. The van der Waals surface area contributed by atoms with Crippen molar-refractivity contribution in [3.05, 3.63) is 77.9 Å². The highest BCUT2D eigenvalue weighted by atomic mass is 32.2. The Labute approximate surface area is 165 Å². The summed E-state index contributed by atoms with van der Waals surface area (Å²) in [5.74, 6) is 0. The fourth-order valence-electron chi connectivity index (χ4n) is 2.70. The molecule has 1 unspecified atom stereocenters. The van der Waals surface area contributed by atoms with Crippen molar-refractivity contribution in [3.63, 3.8) is 0 Å². The number of aryl methyl sites for hydroxylation is 1. The van der Waals surface area contributed by atoms with Gasteiger partial charge in [0.25, 0.3) is 0 Å². The zero-order valence-electron chi connectivity index (χ0n) is 16.1. The van der Waals surface area contributed by atoms with Gasteiger partial charge in [0.15, 0.2) is 0 Å². The number of nitrogens with zero attached hydrogens (tertiary/aromatic N) is 2. The predicted octanol–water partition coefficient (Wildman–Crippen LogP) is 3.64. The van der Waals surface area contributed by atoms with E-state index in [0.717, 1.165) is 22.4 Å². The van der Waals surface area contributed by atoms with Crippen LogP contribution in [0.3, 0.4) is 0 Å². The van der Waals surface area contributed by atoms with Gasteiger partial charge in [-0.3, -0.25) is 9.97 Å². The van der Waals surface area contributed by atoms with Crippen LogP contribution in [-0.2, 0) is 21.3 Å². The Morgan fingerprint density at radius 2 is 1.79 bits per heavy atom. The molecule has 1 aromatic heterocycles. The third kappa shape index (κ3) is 4.81. The van der Waals surface area contributed by atoms with Gasteiger partial charge in [0.1, 0.15) is 0 Å². The highest BCUT2D eigenvalue weighted by Gasteiger charge is 2.14. The van der Waals surface area contributed by atoms with Crippen LogP contribution in [0.1, 0.15) is 30.0 Å².